The number of hydrogen-bond acceptors (Lipinski definition) is 2. The summed E-state index contributed by atoms with van der Waals surface area (Å²) in [7, 11) is 0. The van der Waals surface area contributed by atoms with E-state index in [1.807, 2.05) is 30.3 Å². The molecule has 1 aromatic heterocycles. The lowest BCUT2D eigenvalue weighted by Gasteiger charge is -2.11. The highest BCUT2D eigenvalue weighted by molar-refractivity contribution is 5.83. The van der Waals surface area contributed by atoms with Gasteiger partial charge in [-0.3, -0.25) is 0 Å². The van der Waals surface area contributed by atoms with Crippen LogP contribution in [0.2, 0.25) is 0 Å². The molecule has 0 saturated carbocycles. The number of aryl methyl sites for hydroxylation is 2. The minimum absolute atomic E-state index is 0.253. The number of benzene rings is 3. The summed E-state index contributed by atoms with van der Waals surface area (Å²) in [6.07, 6.45) is 0. The van der Waals surface area contributed by atoms with Crippen LogP contribution in [0.4, 0.5) is 4.39 Å². The summed E-state index contributed by atoms with van der Waals surface area (Å²) in [4.78, 5) is 0. The Morgan fingerprint density at radius 2 is 1.11 bits per heavy atom. The second-order valence-electron chi connectivity index (χ2n) is 6.73. The zero-order valence-corrected chi connectivity index (χ0v) is 15.3. The van der Waals surface area contributed by atoms with Gasteiger partial charge in [0.1, 0.15) is 11.5 Å². The SMILES string of the molecule is Cc1ccc(-c2cc(-c3ccc(F)cc3)c(-c3ccc(C)cc3)nn2)cc1. The third kappa shape index (κ3) is 3.63. The van der Waals surface area contributed by atoms with Crippen molar-refractivity contribution in [3.63, 3.8) is 0 Å². The van der Waals surface area contributed by atoms with Crippen LogP contribution in [0.1, 0.15) is 11.1 Å². The van der Waals surface area contributed by atoms with E-state index in [2.05, 4.69) is 48.3 Å². The van der Waals surface area contributed by atoms with Gasteiger partial charge in [0.2, 0.25) is 0 Å². The van der Waals surface area contributed by atoms with E-state index < -0.39 is 0 Å². The average Bonchev–Trinajstić information content (AvgIpc) is 2.69. The van der Waals surface area contributed by atoms with E-state index in [0.29, 0.717) is 0 Å². The highest BCUT2D eigenvalue weighted by atomic mass is 19.1. The molecule has 0 unspecified atom stereocenters. The smallest absolute Gasteiger partial charge is 0.123 e. The van der Waals surface area contributed by atoms with Gasteiger partial charge in [0.25, 0.3) is 0 Å². The summed E-state index contributed by atoms with van der Waals surface area (Å²) in [5, 5.41) is 8.99. The number of rotatable bonds is 3. The molecule has 3 aromatic carbocycles. The zero-order valence-electron chi connectivity index (χ0n) is 15.3. The molecular formula is C24H19FN2. The van der Waals surface area contributed by atoms with Crippen molar-refractivity contribution in [1.82, 2.24) is 10.2 Å². The molecule has 4 rings (SSSR count). The topological polar surface area (TPSA) is 25.8 Å². The fourth-order valence-corrected chi connectivity index (χ4v) is 3.03. The quantitative estimate of drug-likeness (QED) is 0.435. The fraction of sp³-hybridized carbons (Fsp3) is 0.0833. The van der Waals surface area contributed by atoms with E-state index in [-0.39, 0.29) is 5.82 Å². The third-order valence-electron chi connectivity index (χ3n) is 4.62. The van der Waals surface area contributed by atoms with E-state index in [0.717, 1.165) is 33.6 Å². The summed E-state index contributed by atoms with van der Waals surface area (Å²) < 4.78 is 13.4. The Balaban J connectivity index is 1.89. The van der Waals surface area contributed by atoms with Crippen LogP contribution >= 0.6 is 0 Å². The number of aromatic nitrogens is 2. The molecule has 0 atom stereocenters. The Kier molecular flexibility index (Phi) is 4.51. The number of halogens is 1. The van der Waals surface area contributed by atoms with Gasteiger partial charge in [-0.2, -0.15) is 0 Å². The molecule has 0 amide bonds. The highest BCUT2D eigenvalue weighted by Gasteiger charge is 2.13. The van der Waals surface area contributed by atoms with Crippen molar-refractivity contribution >= 4 is 0 Å². The summed E-state index contributed by atoms with van der Waals surface area (Å²) in [5.74, 6) is -0.253. The van der Waals surface area contributed by atoms with Crippen LogP contribution < -0.4 is 0 Å². The summed E-state index contributed by atoms with van der Waals surface area (Å²) in [6.45, 7) is 4.11. The maximum Gasteiger partial charge on any atom is 0.123 e. The molecule has 4 aromatic rings. The fourth-order valence-electron chi connectivity index (χ4n) is 3.03. The zero-order chi connectivity index (χ0) is 18.8. The van der Waals surface area contributed by atoms with Crippen LogP contribution in [-0.4, -0.2) is 10.2 Å². The molecule has 132 valence electrons. The van der Waals surface area contributed by atoms with Crippen molar-refractivity contribution in [3.05, 3.63) is 95.8 Å². The number of hydrogen-bond donors (Lipinski definition) is 0. The molecule has 0 bridgehead atoms. The molecule has 1 heterocycles. The van der Waals surface area contributed by atoms with E-state index in [1.165, 1.54) is 23.3 Å². The third-order valence-corrected chi connectivity index (χ3v) is 4.62. The largest absolute Gasteiger partial charge is 0.207 e. The van der Waals surface area contributed by atoms with E-state index in [4.69, 9.17) is 0 Å². The van der Waals surface area contributed by atoms with Crippen LogP contribution in [0.3, 0.4) is 0 Å². The van der Waals surface area contributed by atoms with Gasteiger partial charge in [-0.25, -0.2) is 4.39 Å². The summed E-state index contributed by atoms with van der Waals surface area (Å²) in [6, 6.07) is 24.9. The van der Waals surface area contributed by atoms with Gasteiger partial charge in [0.15, 0.2) is 0 Å². The predicted molar refractivity (Wildman–Crippen MR) is 108 cm³/mol. The molecule has 0 aliphatic carbocycles. The Morgan fingerprint density at radius 3 is 1.70 bits per heavy atom. The standard InChI is InChI=1S/C24H19FN2/c1-16-3-7-19(8-4-16)23-15-22(18-11-13-21(25)14-12-18)24(27-26-23)20-9-5-17(2)6-10-20/h3-15H,1-2H3. The molecule has 0 aliphatic rings. The molecule has 0 fully saturated rings. The maximum atomic E-state index is 13.4. The Labute approximate surface area is 158 Å². The molecular weight excluding hydrogens is 335 g/mol. The first-order chi connectivity index (χ1) is 13.1. The van der Waals surface area contributed by atoms with Gasteiger partial charge in [0.05, 0.1) is 5.69 Å². The molecule has 0 spiro atoms. The highest BCUT2D eigenvalue weighted by Crippen LogP contribution is 2.33. The van der Waals surface area contributed by atoms with E-state index in [9.17, 15) is 4.39 Å². The van der Waals surface area contributed by atoms with Crippen molar-refractivity contribution in [2.75, 3.05) is 0 Å². The molecule has 2 nitrogen and oxygen atoms in total. The molecule has 27 heavy (non-hydrogen) atoms. The molecule has 0 aliphatic heterocycles. The first-order valence-electron chi connectivity index (χ1n) is 8.88. The van der Waals surface area contributed by atoms with Gasteiger partial charge >= 0.3 is 0 Å². The van der Waals surface area contributed by atoms with Gasteiger partial charge in [-0.1, -0.05) is 71.8 Å². The Hall–Kier alpha value is -3.33. The summed E-state index contributed by atoms with van der Waals surface area (Å²) in [5.41, 5.74) is 7.81. The number of nitrogens with zero attached hydrogens (tertiary/aromatic N) is 2. The average molecular weight is 354 g/mol. The monoisotopic (exact) mass is 354 g/mol. The molecule has 3 heteroatoms. The van der Waals surface area contributed by atoms with Crippen LogP contribution in [-0.2, 0) is 0 Å². The van der Waals surface area contributed by atoms with Crippen molar-refractivity contribution in [2.45, 2.75) is 13.8 Å². The van der Waals surface area contributed by atoms with E-state index >= 15 is 0 Å². The molecule has 0 N–H and O–H groups in total. The van der Waals surface area contributed by atoms with Crippen molar-refractivity contribution in [2.24, 2.45) is 0 Å². The lowest BCUT2D eigenvalue weighted by Crippen LogP contribution is -1.96. The van der Waals surface area contributed by atoms with Gasteiger partial charge in [0, 0.05) is 16.7 Å². The van der Waals surface area contributed by atoms with Crippen LogP contribution in [0.5, 0.6) is 0 Å². The molecule has 0 saturated heterocycles. The Bertz CT molecular complexity index is 1070. The van der Waals surface area contributed by atoms with Crippen LogP contribution in [0.15, 0.2) is 78.9 Å². The lowest BCUT2D eigenvalue weighted by molar-refractivity contribution is 0.628. The van der Waals surface area contributed by atoms with Gasteiger partial charge < -0.3 is 0 Å². The van der Waals surface area contributed by atoms with Gasteiger partial charge in [-0.05, 0) is 37.6 Å². The minimum Gasteiger partial charge on any atom is -0.207 e. The summed E-state index contributed by atoms with van der Waals surface area (Å²) >= 11 is 0. The minimum atomic E-state index is -0.253. The molecule has 0 radical (unpaired) electrons. The first kappa shape index (κ1) is 17.1. The van der Waals surface area contributed by atoms with Crippen molar-refractivity contribution in [1.29, 1.82) is 0 Å². The first-order valence-corrected chi connectivity index (χ1v) is 8.88. The maximum absolute atomic E-state index is 13.4. The van der Waals surface area contributed by atoms with Crippen molar-refractivity contribution in [3.8, 4) is 33.6 Å². The normalized spacial score (nSPS) is 10.8. The second-order valence-corrected chi connectivity index (χ2v) is 6.73. The van der Waals surface area contributed by atoms with Gasteiger partial charge in [-0.15, -0.1) is 10.2 Å². The predicted octanol–water partition coefficient (Wildman–Crippen LogP) is 6.23. The lowest BCUT2D eigenvalue weighted by atomic mass is 9.97. The van der Waals surface area contributed by atoms with E-state index in [1.54, 1.807) is 12.1 Å². The van der Waals surface area contributed by atoms with Crippen LogP contribution in [0, 0.1) is 19.7 Å². The van der Waals surface area contributed by atoms with Crippen LogP contribution in [0.25, 0.3) is 33.6 Å². The second kappa shape index (κ2) is 7.12. The Morgan fingerprint density at radius 1 is 0.593 bits per heavy atom. The van der Waals surface area contributed by atoms with Crippen molar-refractivity contribution < 1.29 is 4.39 Å².